The van der Waals surface area contributed by atoms with Crippen LogP contribution >= 0.6 is 0 Å². The topological polar surface area (TPSA) is 117 Å². The molecule has 13 nitrogen and oxygen atoms in total. The highest BCUT2D eigenvalue weighted by Crippen LogP contribution is 2.48. The molecular formula is C83H118F2N10O3Si. The SMILES string of the molecule is C.C.C.C.C.CCCOc1cc(C(C)C)ccc1-n1cnc(C)c1.Cc1cn(-c2ccc(C(C)C)c3c2CC3)cn1.Cc1cn(-c2ccc(C(C)C)c3c2OCC3(F)F)cn1.Cc1cn(-c2ccc(C(C)C)c3c2OCC3)cn1.Cc1cn(-c2ccc(C(C)C)c3c2[Si](C)(C)CC3)cn1. The first-order chi connectivity index (χ1) is 44.7. The normalized spacial score (nSPS) is 13.6. The molecule has 10 aromatic rings. The van der Waals surface area contributed by atoms with Crippen molar-refractivity contribution in [1.82, 2.24) is 47.8 Å². The Morgan fingerprint density at radius 3 is 1.30 bits per heavy atom. The van der Waals surface area contributed by atoms with Crippen LogP contribution in [0.15, 0.2) is 129 Å². The molecule has 536 valence electrons. The second kappa shape index (κ2) is 34.1. The Bertz CT molecular complexity index is 4270. The second-order valence-corrected chi connectivity index (χ2v) is 32.7. The lowest BCUT2D eigenvalue weighted by Crippen LogP contribution is -2.40. The van der Waals surface area contributed by atoms with E-state index in [1.54, 1.807) is 45.0 Å². The Labute approximate surface area is 594 Å². The number of nitrogens with zero attached hydrogens (tertiary/aromatic N) is 10. The zero-order valence-corrected chi connectivity index (χ0v) is 59.8. The summed E-state index contributed by atoms with van der Waals surface area (Å²) in [6.07, 6.45) is 25.0. The fourth-order valence-electron chi connectivity index (χ4n) is 13.4. The molecule has 5 aromatic heterocycles. The number of ether oxygens (including phenoxy) is 3. The van der Waals surface area contributed by atoms with Crippen LogP contribution in [0.3, 0.4) is 0 Å². The summed E-state index contributed by atoms with van der Waals surface area (Å²) in [5.41, 5.74) is 23.0. The van der Waals surface area contributed by atoms with Crippen LogP contribution in [0.5, 0.6) is 17.2 Å². The first-order valence-electron chi connectivity index (χ1n) is 33.8. The van der Waals surface area contributed by atoms with Gasteiger partial charge < -0.3 is 37.0 Å². The van der Waals surface area contributed by atoms with Gasteiger partial charge in [-0.3, -0.25) is 0 Å². The van der Waals surface area contributed by atoms with Gasteiger partial charge in [-0.25, -0.2) is 24.9 Å². The van der Waals surface area contributed by atoms with Crippen LogP contribution in [0.1, 0.15) is 233 Å². The number of halogens is 2. The predicted molar refractivity (Wildman–Crippen MR) is 413 cm³/mol. The molecule has 0 bridgehead atoms. The minimum absolute atomic E-state index is 0. The standard InChI is InChI=1S/C17H24N2Si.C16H22N2O.C15H16F2N2O.C15H18N2O.C15H18N2.5CH4/c1-12(2)14-6-7-16(19-10-13(3)18-11-19)17-15(14)8-9-20(17,4)5;1-5-8-19-16-9-14(12(2)3)6-7-15(16)18-10-13(4)17-11-18;1-9(2)11-4-5-12(19-6-10(3)18-8-19)14-13(11)15(16,17)7-20-14;1-10(2)12-4-5-14(15-13(12)6-7-18-15)17-8-11(3)16-9-17;1-10(2)12-6-7-15(14-5-4-13(12)14)17-8-11(3)16-9-17;;;;;/h6-7,10-12H,8-9H2,1-5H3;6-7,9-12H,5,8H2,1-4H3;4-6,8-9H,7H2,1-3H3;4-5,8-10H,6-7H2,1-3H3;6-10H,4-5H2,1-3H3;5*1H4. The summed E-state index contributed by atoms with van der Waals surface area (Å²) in [4.78, 5) is 21.4. The van der Waals surface area contributed by atoms with Crippen molar-refractivity contribution >= 4 is 13.3 Å². The molecule has 1 aliphatic carbocycles. The highest BCUT2D eigenvalue weighted by molar-refractivity contribution is 6.91. The van der Waals surface area contributed by atoms with Gasteiger partial charge in [-0.2, -0.15) is 8.78 Å². The maximum Gasteiger partial charge on any atom is 0.310 e. The molecule has 0 atom stereocenters. The molecule has 0 saturated carbocycles. The average Bonchev–Trinajstić information content (AvgIpc) is 1.43. The molecule has 99 heavy (non-hydrogen) atoms. The van der Waals surface area contributed by atoms with Crippen molar-refractivity contribution in [1.29, 1.82) is 0 Å². The number of rotatable bonds is 13. The molecule has 4 aliphatic rings. The number of aryl methyl sites for hydroxylation is 5. The van der Waals surface area contributed by atoms with Crippen LogP contribution in [-0.2, 0) is 31.6 Å². The predicted octanol–water partition coefficient (Wildman–Crippen LogP) is 21.5. The van der Waals surface area contributed by atoms with Gasteiger partial charge in [0.15, 0.2) is 12.4 Å². The zero-order chi connectivity index (χ0) is 67.5. The van der Waals surface area contributed by atoms with Crippen molar-refractivity contribution in [3.8, 4) is 45.7 Å². The summed E-state index contributed by atoms with van der Waals surface area (Å²) >= 11 is 0. The molecule has 0 N–H and O–H groups in total. The zero-order valence-electron chi connectivity index (χ0n) is 58.8. The second-order valence-electron chi connectivity index (χ2n) is 28.0. The van der Waals surface area contributed by atoms with Crippen molar-refractivity contribution in [3.63, 3.8) is 0 Å². The van der Waals surface area contributed by atoms with Gasteiger partial charge in [0.05, 0.1) is 104 Å². The van der Waals surface area contributed by atoms with Crippen LogP contribution in [0.25, 0.3) is 28.4 Å². The minimum atomic E-state index is -2.93. The van der Waals surface area contributed by atoms with Gasteiger partial charge in [-0.05, 0) is 182 Å². The summed E-state index contributed by atoms with van der Waals surface area (Å²) in [6, 6.07) is 24.9. The van der Waals surface area contributed by atoms with Crippen LogP contribution in [-0.4, -0.2) is 75.6 Å². The van der Waals surface area contributed by atoms with Crippen molar-refractivity contribution < 1.29 is 23.0 Å². The van der Waals surface area contributed by atoms with E-state index in [1.165, 1.54) is 64.5 Å². The van der Waals surface area contributed by atoms with Crippen LogP contribution in [0.2, 0.25) is 19.1 Å². The summed E-state index contributed by atoms with van der Waals surface area (Å²) < 4.78 is 55.4. The highest BCUT2D eigenvalue weighted by Gasteiger charge is 2.45. The van der Waals surface area contributed by atoms with Gasteiger partial charge in [0.25, 0.3) is 0 Å². The first kappa shape index (κ1) is 81.3. The fourth-order valence-corrected chi connectivity index (χ4v) is 16.5. The van der Waals surface area contributed by atoms with Gasteiger partial charge in [-0.15, -0.1) is 0 Å². The quantitative estimate of drug-likeness (QED) is 0.105. The Kier molecular flexibility index (Phi) is 28.0. The molecular weight excluding hydrogens is 1250 g/mol. The number of hydrogen-bond donors (Lipinski definition) is 0. The lowest BCUT2D eigenvalue weighted by molar-refractivity contribution is -0.0221. The first-order valence-corrected chi connectivity index (χ1v) is 37.0. The highest BCUT2D eigenvalue weighted by atomic mass is 28.3. The van der Waals surface area contributed by atoms with E-state index in [9.17, 15) is 8.78 Å². The Hall–Kier alpha value is -8.37. The largest absolute Gasteiger partial charge is 0.491 e. The van der Waals surface area contributed by atoms with Crippen molar-refractivity contribution in [3.05, 3.63) is 213 Å². The van der Waals surface area contributed by atoms with Crippen molar-refractivity contribution in [2.75, 3.05) is 19.8 Å². The van der Waals surface area contributed by atoms with E-state index < -0.39 is 20.6 Å². The van der Waals surface area contributed by atoms with Crippen LogP contribution in [0, 0.1) is 34.6 Å². The molecule has 0 spiro atoms. The number of hydrogen-bond acceptors (Lipinski definition) is 8. The van der Waals surface area contributed by atoms with E-state index in [0.717, 1.165) is 77.4 Å². The lowest BCUT2D eigenvalue weighted by Gasteiger charge is -2.27. The molecule has 0 saturated heterocycles. The third-order valence-corrected chi connectivity index (χ3v) is 21.8. The van der Waals surface area contributed by atoms with E-state index in [1.807, 2.05) is 94.4 Å². The van der Waals surface area contributed by atoms with Gasteiger partial charge in [-0.1, -0.05) is 157 Å². The fraction of sp³-hybridized carbons (Fsp3) is 0.458. The molecule has 3 aliphatic heterocycles. The monoisotopic (exact) mass is 1370 g/mol. The Morgan fingerprint density at radius 1 is 0.455 bits per heavy atom. The molecule has 0 amide bonds. The van der Waals surface area contributed by atoms with Gasteiger partial charge >= 0.3 is 5.92 Å². The van der Waals surface area contributed by atoms with E-state index in [-0.39, 0.29) is 54.4 Å². The van der Waals surface area contributed by atoms with Gasteiger partial charge in [0.2, 0.25) is 0 Å². The van der Waals surface area contributed by atoms with Gasteiger partial charge in [0.1, 0.15) is 11.5 Å². The van der Waals surface area contributed by atoms with Crippen LogP contribution < -0.4 is 19.4 Å². The molecule has 5 aromatic carbocycles. The van der Waals surface area contributed by atoms with E-state index in [4.69, 9.17) is 14.2 Å². The van der Waals surface area contributed by atoms with Crippen LogP contribution in [0.4, 0.5) is 8.78 Å². The van der Waals surface area contributed by atoms with E-state index in [2.05, 4.69) is 183 Å². The molecule has 0 unspecified atom stereocenters. The molecule has 16 heteroatoms. The molecule has 0 radical (unpaired) electrons. The van der Waals surface area contributed by atoms with E-state index >= 15 is 0 Å². The third kappa shape index (κ3) is 17.8. The third-order valence-electron chi connectivity index (χ3n) is 18.4. The number of aromatic nitrogens is 10. The maximum atomic E-state index is 14.1. The number of alkyl halides is 2. The van der Waals surface area contributed by atoms with Crippen molar-refractivity contribution in [2.45, 2.75) is 235 Å². The minimum Gasteiger partial charge on any atom is -0.491 e. The summed E-state index contributed by atoms with van der Waals surface area (Å²) in [6.45, 7) is 39.8. The lowest BCUT2D eigenvalue weighted by atomic mass is 9.80. The number of imidazole rings is 5. The number of fused-ring (bicyclic) bond motifs is 4. The molecule has 14 rings (SSSR count). The summed E-state index contributed by atoms with van der Waals surface area (Å²) in [5, 5.41) is 1.67. The van der Waals surface area contributed by atoms with Gasteiger partial charge in [0, 0.05) is 54.3 Å². The Morgan fingerprint density at radius 2 is 0.859 bits per heavy atom. The molecule has 8 heterocycles. The smallest absolute Gasteiger partial charge is 0.310 e. The average molecular weight is 1370 g/mol. The molecule has 0 fully saturated rings. The van der Waals surface area contributed by atoms with E-state index in [0.29, 0.717) is 34.9 Å². The summed E-state index contributed by atoms with van der Waals surface area (Å²) in [5.74, 6) is 1.63. The Balaban J connectivity index is 0.000000221. The number of benzene rings is 5. The maximum absolute atomic E-state index is 14.1. The summed E-state index contributed by atoms with van der Waals surface area (Å²) in [7, 11) is -1.30. The van der Waals surface area contributed by atoms with Crippen molar-refractivity contribution in [2.24, 2.45) is 0 Å².